The molecule has 0 radical (unpaired) electrons. The molecule has 130 valence electrons. The van der Waals surface area contributed by atoms with Gasteiger partial charge in [0.05, 0.1) is 12.7 Å². The lowest BCUT2D eigenvalue weighted by Gasteiger charge is -2.22. The minimum Gasteiger partial charge on any atom is -0.490 e. The second-order valence-electron chi connectivity index (χ2n) is 4.99. The van der Waals surface area contributed by atoms with E-state index in [1.54, 1.807) is 19.4 Å². The zero-order valence-electron chi connectivity index (χ0n) is 13.8. The Bertz CT molecular complexity index is 622. The van der Waals surface area contributed by atoms with Gasteiger partial charge in [-0.15, -0.1) is 24.0 Å². The molecule has 0 aliphatic heterocycles. The summed E-state index contributed by atoms with van der Waals surface area (Å²) in [6.45, 7) is 1.95. The van der Waals surface area contributed by atoms with Gasteiger partial charge in [-0.3, -0.25) is 9.98 Å². The number of guanidine groups is 1. The number of hydrogen-bond donors (Lipinski definition) is 1. The number of aromatic nitrogens is 1. The van der Waals surface area contributed by atoms with Crippen molar-refractivity contribution in [2.75, 3.05) is 27.2 Å². The molecule has 1 heterocycles. The van der Waals surface area contributed by atoms with Gasteiger partial charge in [0.15, 0.2) is 5.96 Å². The Kier molecular flexibility index (Phi) is 9.48. The Morgan fingerprint density at radius 1 is 1.29 bits per heavy atom. The fourth-order valence-electron chi connectivity index (χ4n) is 2.09. The molecular weight excluding hydrogens is 439 g/mol. The van der Waals surface area contributed by atoms with Gasteiger partial charge >= 0.3 is 0 Å². The van der Waals surface area contributed by atoms with Crippen LogP contribution in [0.5, 0.6) is 5.75 Å². The van der Waals surface area contributed by atoms with E-state index in [1.165, 1.54) is 5.56 Å². The predicted molar refractivity (Wildman–Crippen MR) is 109 cm³/mol. The second-order valence-corrected chi connectivity index (χ2v) is 5.43. The summed E-state index contributed by atoms with van der Waals surface area (Å²) in [4.78, 5) is 10.3. The van der Waals surface area contributed by atoms with E-state index in [0.29, 0.717) is 13.2 Å². The number of nitrogens with one attached hydrogen (secondary N) is 1. The standard InChI is InChI=1S/C17H21ClN4O.HI/c1-19-17(21-10-11-23-16-4-3-9-20-12-16)22(2)13-14-5-7-15(18)8-6-14;/h3-9,12H,10-11,13H2,1-2H3,(H,19,21);1H. The number of hydrogen-bond acceptors (Lipinski definition) is 3. The van der Waals surface area contributed by atoms with E-state index in [-0.39, 0.29) is 24.0 Å². The van der Waals surface area contributed by atoms with Gasteiger partial charge in [-0.1, -0.05) is 23.7 Å². The summed E-state index contributed by atoms with van der Waals surface area (Å²) in [6.07, 6.45) is 3.42. The Balaban J connectivity index is 0.00000288. The molecule has 7 heteroatoms. The number of nitrogens with zero attached hydrogens (tertiary/aromatic N) is 3. The number of ether oxygens (including phenoxy) is 1. The van der Waals surface area contributed by atoms with Gasteiger partial charge < -0.3 is 15.0 Å². The van der Waals surface area contributed by atoms with E-state index >= 15 is 0 Å². The van der Waals surface area contributed by atoms with E-state index in [2.05, 4.69) is 15.3 Å². The normalized spacial score (nSPS) is 10.7. The SMILES string of the molecule is CN=C(NCCOc1cccnc1)N(C)Cc1ccc(Cl)cc1.I. The third kappa shape index (κ3) is 6.92. The highest BCUT2D eigenvalue weighted by Gasteiger charge is 2.06. The molecule has 24 heavy (non-hydrogen) atoms. The quantitative estimate of drug-likeness (QED) is 0.311. The molecule has 0 saturated carbocycles. The number of pyridine rings is 1. The highest BCUT2D eigenvalue weighted by molar-refractivity contribution is 14.0. The van der Waals surface area contributed by atoms with Gasteiger partial charge in [0.2, 0.25) is 0 Å². The molecule has 0 saturated heterocycles. The van der Waals surface area contributed by atoms with Gasteiger partial charge in [0.1, 0.15) is 12.4 Å². The van der Waals surface area contributed by atoms with E-state index in [4.69, 9.17) is 16.3 Å². The van der Waals surface area contributed by atoms with Crippen LogP contribution in [0.3, 0.4) is 0 Å². The lowest BCUT2D eigenvalue weighted by Crippen LogP contribution is -2.40. The molecule has 5 nitrogen and oxygen atoms in total. The summed E-state index contributed by atoms with van der Waals surface area (Å²) in [5, 5.41) is 4.02. The Morgan fingerprint density at radius 3 is 2.67 bits per heavy atom. The summed E-state index contributed by atoms with van der Waals surface area (Å²) in [5.74, 6) is 1.58. The van der Waals surface area contributed by atoms with Crippen LogP contribution in [-0.2, 0) is 6.54 Å². The van der Waals surface area contributed by atoms with Crippen molar-refractivity contribution >= 4 is 41.5 Å². The number of rotatable bonds is 6. The molecule has 0 spiro atoms. The predicted octanol–water partition coefficient (Wildman–Crippen LogP) is 3.44. The first kappa shape index (κ1) is 20.5. The first-order chi connectivity index (χ1) is 11.2. The van der Waals surface area contributed by atoms with Crippen LogP contribution in [0, 0.1) is 0 Å². The Labute approximate surface area is 165 Å². The lowest BCUT2D eigenvalue weighted by atomic mass is 10.2. The molecule has 1 aromatic carbocycles. The highest BCUT2D eigenvalue weighted by atomic mass is 127. The van der Waals surface area contributed by atoms with Crippen LogP contribution < -0.4 is 10.1 Å². The molecule has 2 rings (SSSR count). The molecule has 0 unspecified atom stereocenters. The third-order valence-corrected chi connectivity index (χ3v) is 3.45. The van der Waals surface area contributed by atoms with Crippen molar-refractivity contribution in [3.63, 3.8) is 0 Å². The van der Waals surface area contributed by atoms with Crippen LogP contribution in [0.2, 0.25) is 5.02 Å². The number of aliphatic imine (C=N–C) groups is 1. The second kappa shape index (κ2) is 11.1. The molecule has 0 atom stereocenters. The Morgan fingerprint density at radius 2 is 2.04 bits per heavy atom. The molecule has 0 amide bonds. The van der Waals surface area contributed by atoms with E-state index < -0.39 is 0 Å². The monoisotopic (exact) mass is 460 g/mol. The molecule has 2 aromatic rings. The van der Waals surface area contributed by atoms with E-state index in [1.807, 2.05) is 48.3 Å². The minimum atomic E-state index is 0. The summed E-state index contributed by atoms with van der Waals surface area (Å²) in [6, 6.07) is 11.5. The number of benzene rings is 1. The van der Waals surface area contributed by atoms with Crippen LogP contribution in [0.4, 0.5) is 0 Å². The van der Waals surface area contributed by atoms with Gasteiger partial charge in [-0.25, -0.2) is 0 Å². The summed E-state index contributed by atoms with van der Waals surface area (Å²) < 4.78 is 5.60. The van der Waals surface area contributed by atoms with Crippen molar-refractivity contribution in [2.45, 2.75) is 6.54 Å². The third-order valence-electron chi connectivity index (χ3n) is 3.19. The van der Waals surface area contributed by atoms with E-state index in [9.17, 15) is 0 Å². The first-order valence-electron chi connectivity index (χ1n) is 7.38. The fraction of sp³-hybridized carbons (Fsp3) is 0.294. The fourth-order valence-corrected chi connectivity index (χ4v) is 2.21. The molecule has 0 bridgehead atoms. The van der Waals surface area contributed by atoms with Gasteiger partial charge in [0, 0.05) is 31.9 Å². The smallest absolute Gasteiger partial charge is 0.193 e. The van der Waals surface area contributed by atoms with Crippen molar-refractivity contribution in [2.24, 2.45) is 4.99 Å². The van der Waals surface area contributed by atoms with E-state index in [0.717, 1.165) is 23.3 Å². The van der Waals surface area contributed by atoms with Crippen LogP contribution in [-0.4, -0.2) is 43.1 Å². The molecule has 0 aliphatic rings. The lowest BCUT2D eigenvalue weighted by molar-refractivity contribution is 0.318. The first-order valence-corrected chi connectivity index (χ1v) is 7.76. The maximum atomic E-state index is 5.91. The largest absolute Gasteiger partial charge is 0.490 e. The maximum absolute atomic E-state index is 5.91. The van der Waals surface area contributed by atoms with Crippen molar-refractivity contribution in [1.29, 1.82) is 0 Å². The maximum Gasteiger partial charge on any atom is 0.193 e. The average molecular weight is 461 g/mol. The van der Waals surface area contributed by atoms with Crippen LogP contribution in [0.1, 0.15) is 5.56 Å². The molecule has 0 aliphatic carbocycles. The summed E-state index contributed by atoms with van der Waals surface area (Å²) in [5.41, 5.74) is 1.17. The molecule has 1 N–H and O–H groups in total. The van der Waals surface area contributed by atoms with Crippen molar-refractivity contribution < 1.29 is 4.74 Å². The van der Waals surface area contributed by atoms with Gasteiger partial charge in [-0.2, -0.15) is 0 Å². The summed E-state index contributed by atoms with van der Waals surface area (Å²) >= 11 is 5.91. The van der Waals surface area contributed by atoms with Gasteiger partial charge in [0.25, 0.3) is 0 Å². The number of halogens is 2. The topological polar surface area (TPSA) is 49.8 Å². The average Bonchev–Trinajstić information content (AvgIpc) is 2.58. The zero-order chi connectivity index (χ0) is 16.5. The van der Waals surface area contributed by atoms with Gasteiger partial charge in [-0.05, 0) is 29.8 Å². The van der Waals surface area contributed by atoms with Crippen LogP contribution >= 0.6 is 35.6 Å². The molecular formula is C17H22ClIN4O. The van der Waals surface area contributed by atoms with Crippen LogP contribution in [0.15, 0.2) is 53.8 Å². The molecule has 1 aromatic heterocycles. The van der Waals surface area contributed by atoms with Crippen molar-refractivity contribution in [3.8, 4) is 5.75 Å². The van der Waals surface area contributed by atoms with Crippen LogP contribution in [0.25, 0.3) is 0 Å². The van der Waals surface area contributed by atoms with Crippen molar-refractivity contribution in [1.82, 2.24) is 15.2 Å². The highest BCUT2D eigenvalue weighted by Crippen LogP contribution is 2.11. The molecule has 0 fully saturated rings. The van der Waals surface area contributed by atoms with Crippen molar-refractivity contribution in [3.05, 3.63) is 59.4 Å². The Hall–Kier alpha value is -1.54. The minimum absolute atomic E-state index is 0. The summed E-state index contributed by atoms with van der Waals surface area (Å²) in [7, 11) is 3.76. The zero-order valence-corrected chi connectivity index (χ0v) is 16.9.